The number of aliphatic hydroxyl groups excluding tert-OH is 1. The van der Waals surface area contributed by atoms with Crippen molar-refractivity contribution in [3.8, 4) is 5.75 Å². The summed E-state index contributed by atoms with van der Waals surface area (Å²) < 4.78 is 0. The van der Waals surface area contributed by atoms with Crippen LogP contribution in [-0.2, 0) is 13.2 Å². The van der Waals surface area contributed by atoms with Gasteiger partial charge in [-0.05, 0) is 32.1 Å². The van der Waals surface area contributed by atoms with Gasteiger partial charge in [0.2, 0.25) is 0 Å². The Balaban J connectivity index is 2.05. The highest BCUT2D eigenvalue weighted by molar-refractivity contribution is 5.40. The molecule has 1 heterocycles. The van der Waals surface area contributed by atoms with Crippen LogP contribution in [-0.4, -0.2) is 21.2 Å². The Labute approximate surface area is 127 Å². The monoisotopic (exact) mass is 292 g/mol. The minimum absolute atomic E-state index is 0.0852. The first-order chi connectivity index (χ1) is 10.2. The highest BCUT2D eigenvalue weighted by Gasteiger charge is 2.22. The van der Waals surface area contributed by atoms with Crippen molar-refractivity contribution < 1.29 is 10.2 Å². The molecular formula is C17H28N2O2. The van der Waals surface area contributed by atoms with E-state index in [1.54, 1.807) is 13.1 Å². The molecule has 1 fully saturated rings. The molecule has 0 aliphatic heterocycles. The van der Waals surface area contributed by atoms with Crippen molar-refractivity contribution in [1.82, 2.24) is 10.3 Å². The van der Waals surface area contributed by atoms with Crippen LogP contribution in [0.15, 0.2) is 6.20 Å². The summed E-state index contributed by atoms with van der Waals surface area (Å²) in [6.07, 6.45) is 9.41. The Morgan fingerprint density at radius 1 is 1.33 bits per heavy atom. The summed E-state index contributed by atoms with van der Waals surface area (Å²) in [6.45, 7) is 4.52. The summed E-state index contributed by atoms with van der Waals surface area (Å²) in [5.41, 5.74) is 2.12. The van der Waals surface area contributed by atoms with Gasteiger partial charge < -0.3 is 15.5 Å². The van der Waals surface area contributed by atoms with Crippen LogP contribution in [0.1, 0.15) is 62.3 Å². The fourth-order valence-electron chi connectivity index (χ4n) is 3.43. The van der Waals surface area contributed by atoms with Gasteiger partial charge in [-0.1, -0.05) is 26.2 Å². The van der Waals surface area contributed by atoms with Gasteiger partial charge in [-0.15, -0.1) is 0 Å². The van der Waals surface area contributed by atoms with Gasteiger partial charge in [-0.3, -0.25) is 4.98 Å². The molecule has 3 N–H and O–H groups in total. The molecule has 1 saturated carbocycles. The van der Waals surface area contributed by atoms with Gasteiger partial charge in [0.05, 0.1) is 12.3 Å². The first-order valence-corrected chi connectivity index (χ1v) is 8.17. The van der Waals surface area contributed by atoms with Crippen LogP contribution >= 0.6 is 0 Å². The zero-order valence-electron chi connectivity index (χ0n) is 13.2. The van der Waals surface area contributed by atoms with E-state index in [0.717, 1.165) is 17.9 Å². The third kappa shape index (κ3) is 3.95. The maximum atomic E-state index is 10.2. The van der Waals surface area contributed by atoms with Crippen molar-refractivity contribution in [3.05, 3.63) is 23.0 Å². The van der Waals surface area contributed by atoms with Crippen LogP contribution in [0.4, 0.5) is 0 Å². The molecule has 118 valence electrons. The van der Waals surface area contributed by atoms with Crippen LogP contribution in [0.5, 0.6) is 5.75 Å². The van der Waals surface area contributed by atoms with Crippen molar-refractivity contribution >= 4 is 0 Å². The lowest BCUT2D eigenvalue weighted by atomic mass is 9.83. The predicted octanol–water partition coefficient (Wildman–Crippen LogP) is 3.04. The van der Waals surface area contributed by atoms with Crippen LogP contribution in [0, 0.1) is 12.8 Å². The molecule has 1 unspecified atom stereocenters. The molecule has 0 bridgehead atoms. The Hall–Kier alpha value is -1.13. The summed E-state index contributed by atoms with van der Waals surface area (Å²) in [7, 11) is 0. The number of pyridine rings is 1. The van der Waals surface area contributed by atoms with E-state index in [1.165, 1.54) is 32.1 Å². The van der Waals surface area contributed by atoms with E-state index in [4.69, 9.17) is 0 Å². The molecular weight excluding hydrogens is 264 g/mol. The molecule has 4 heteroatoms. The maximum Gasteiger partial charge on any atom is 0.141 e. The molecule has 2 rings (SSSR count). The van der Waals surface area contributed by atoms with Gasteiger partial charge in [0.1, 0.15) is 5.75 Å². The van der Waals surface area contributed by atoms with Gasteiger partial charge in [0.15, 0.2) is 0 Å². The molecule has 1 atom stereocenters. The van der Waals surface area contributed by atoms with Gasteiger partial charge in [0, 0.05) is 29.9 Å². The zero-order chi connectivity index (χ0) is 15.2. The molecule has 0 amide bonds. The number of aliphatic hydroxyl groups is 1. The normalized spacial score (nSPS) is 17.9. The average Bonchev–Trinajstić information content (AvgIpc) is 2.53. The van der Waals surface area contributed by atoms with Crippen molar-refractivity contribution in [2.45, 2.75) is 71.6 Å². The Bertz CT molecular complexity index is 456. The largest absolute Gasteiger partial charge is 0.506 e. The van der Waals surface area contributed by atoms with Crippen LogP contribution in [0.3, 0.4) is 0 Å². The SMILES string of the molecule is CCC(NCc1c(CO)cnc(C)c1O)C1CCCCC1. The van der Waals surface area contributed by atoms with Crippen LogP contribution in [0.2, 0.25) is 0 Å². The zero-order valence-corrected chi connectivity index (χ0v) is 13.2. The van der Waals surface area contributed by atoms with Gasteiger partial charge in [0.25, 0.3) is 0 Å². The predicted molar refractivity (Wildman–Crippen MR) is 84.1 cm³/mol. The topological polar surface area (TPSA) is 65.4 Å². The van der Waals surface area contributed by atoms with Gasteiger partial charge >= 0.3 is 0 Å². The molecule has 1 aliphatic rings. The number of aryl methyl sites for hydroxylation is 1. The molecule has 0 spiro atoms. The fraction of sp³-hybridized carbons (Fsp3) is 0.706. The third-order valence-electron chi connectivity index (χ3n) is 4.80. The minimum Gasteiger partial charge on any atom is -0.506 e. The molecule has 0 saturated heterocycles. The smallest absolute Gasteiger partial charge is 0.141 e. The molecule has 1 aliphatic carbocycles. The number of nitrogens with zero attached hydrogens (tertiary/aromatic N) is 1. The Morgan fingerprint density at radius 3 is 2.67 bits per heavy atom. The average molecular weight is 292 g/mol. The maximum absolute atomic E-state index is 10.2. The quantitative estimate of drug-likeness (QED) is 0.754. The highest BCUT2D eigenvalue weighted by atomic mass is 16.3. The molecule has 21 heavy (non-hydrogen) atoms. The van der Waals surface area contributed by atoms with Crippen molar-refractivity contribution in [2.75, 3.05) is 0 Å². The lowest BCUT2D eigenvalue weighted by Gasteiger charge is -2.30. The molecule has 4 nitrogen and oxygen atoms in total. The molecule has 1 aromatic rings. The number of nitrogens with one attached hydrogen (secondary N) is 1. The van der Waals surface area contributed by atoms with E-state index >= 15 is 0 Å². The number of hydrogen-bond acceptors (Lipinski definition) is 4. The summed E-state index contributed by atoms with van der Waals surface area (Å²) in [5.74, 6) is 0.957. The number of rotatable bonds is 6. The second-order valence-corrected chi connectivity index (χ2v) is 6.15. The van der Waals surface area contributed by atoms with E-state index in [0.29, 0.717) is 23.8 Å². The van der Waals surface area contributed by atoms with E-state index in [2.05, 4.69) is 17.2 Å². The summed E-state index contributed by atoms with van der Waals surface area (Å²) >= 11 is 0. The third-order valence-corrected chi connectivity index (χ3v) is 4.80. The summed E-state index contributed by atoms with van der Waals surface area (Å²) in [5, 5.41) is 23.2. The Kier molecular flexibility index (Phi) is 6.00. The minimum atomic E-state index is -0.0852. The number of hydrogen-bond donors (Lipinski definition) is 3. The second kappa shape index (κ2) is 7.76. The van der Waals surface area contributed by atoms with Crippen LogP contribution < -0.4 is 5.32 Å². The summed E-state index contributed by atoms with van der Waals surface area (Å²) in [6, 6.07) is 0.490. The second-order valence-electron chi connectivity index (χ2n) is 6.15. The first-order valence-electron chi connectivity index (χ1n) is 8.17. The van der Waals surface area contributed by atoms with E-state index in [1.807, 2.05) is 0 Å². The van der Waals surface area contributed by atoms with E-state index < -0.39 is 0 Å². The Morgan fingerprint density at radius 2 is 2.05 bits per heavy atom. The van der Waals surface area contributed by atoms with Crippen LogP contribution in [0.25, 0.3) is 0 Å². The first kappa shape index (κ1) is 16.2. The number of aromatic hydroxyl groups is 1. The summed E-state index contributed by atoms with van der Waals surface area (Å²) in [4.78, 5) is 4.11. The molecule has 0 aromatic carbocycles. The lowest BCUT2D eigenvalue weighted by molar-refractivity contribution is 0.257. The standard InChI is InChI=1S/C17H28N2O2/c1-3-16(13-7-5-4-6-8-13)19-10-15-14(11-20)9-18-12(2)17(15)21/h9,13,16,19-21H,3-8,10-11H2,1-2H3. The van der Waals surface area contributed by atoms with E-state index in [-0.39, 0.29) is 12.4 Å². The molecule has 1 aromatic heterocycles. The van der Waals surface area contributed by atoms with Gasteiger partial charge in [-0.25, -0.2) is 0 Å². The van der Waals surface area contributed by atoms with Crippen molar-refractivity contribution in [3.63, 3.8) is 0 Å². The van der Waals surface area contributed by atoms with Crippen molar-refractivity contribution in [2.24, 2.45) is 5.92 Å². The van der Waals surface area contributed by atoms with Gasteiger partial charge in [-0.2, -0.15) is 0 Å². The fourth-order valence-corrected chi connectivity index (χ4v) is 3.43. The van der Waals surface area contributed by atoms with E-state index in [9.17, 15) is 10.2 Å². The van der Waals surface area contributed by atoms with Crippen molar-refractivity contribution in [1.29, 1.82) is 0 Å². The highest BCUT2D eigenvalue weighted by Crippen LogP contribution is 2.29. The molecule has 0 radical (unpaired) electrons. The lowest BCUT2D eigenvalue weighted by Crippen LogP contribution is -2.36. The number of aromatic nitrogens is 1.